The number of methoxy groups -OCH3 is 2. The number of aliphatic imine (C=N–C) groups is 1. The molecule has 0 N–H and O–H groups in total. The zero-order valence-electron chi connectivity index (χ0n) is 15.9. The topological polar surface area (TPSA) is 52.8 Å². The minimum absolute atomic E-state index is 0.339. The van der Waals surface area contributed by atoms with Gasteiger partial charge in [0.25, 0.3) is 0 Å². The molecule has 0 bridgehead atoms. The van der Waals surface area contributed by atoms with E-state index in [9.17, 15) is 4.79 Å². The third-order valence-corrected chi connectivity index (χ3v) is 4.42. The van der Waals surface area contributed by atoms with E-state index in [1.807, 2.05) is 56.5 Å². The van der Waals surface area contributed by atoms with Gasteiger partial charge in [-0.15, -0.1) is 0 Å². The van der Waals surface area contributed by atoms with Gasteiger partial charge in [0.1, 0.15) is 5.75 Å². The summed E-state index contributed by atoms with van der Waals surface area (Å²) in [5.41, 5.74) is 5.55. The summed E-state index contributed by atoms with van der Waals surface area (Å²) >= 11 is 0. The van der Waals surface area contributed by atoms with Crippen molar-refractivity contribution in [2.24, 2.45) is 4.99 Å². The van der Waals surface area contributed by atoms with Crippen LogP contribution in [0, 0.1) is 13.8 Å². The maximum atomic E-state index is 11.6. The fraction of sp³-hybridized carbons (Fsp3) is 0.182. The van der Waals surface area contributed by atoms with Crippen molar-refractivity contribution in [2.75, 3.05) is 14.2 Å². The van der Waals surface area contributed by atoms with Crippen LogP contribution in [0.25, 0.3) is 5.69 Å². The SMILES string of the molecule is COC(=O)c1ccc(-n2c(C)cc(C=Nc3cccc(OC)c3)c2C)cc1. The Bertz CT molecular complexity index is 985. The Morgan fingerprint density at radius 3 is 2.44 bits per heavy atom. The lowest BCUT2D eigenvalue weighted by Crippen LogP contribution is -2.03. The molecular weight excluding hydrogens is 340 g/mol. The number of nitrogens with zero attached hydrogens (tertiary/aromatic N) is 2. The highest BCUT2D eigenvalue weighted by molar-refractivity contribution is 5.89. The molecule has 1 heterocycles. The van der Waals surface area contributed by atoms with Crippen molar-refractivity contribution < 1.29 is 14.3 Å². The number of ether oxygens (including phenoxy) is 2. The van der Waals surface area contributed by atoms with Crippen molar-refractivity contribution >= 4 is 17.9 Å². The zero-order valence-corrected chi connectivity index (χ0v) is 15.9. The molecule has 138 valence electrons. The van der Waals surface area contributed by atoms with Gasteiger partial charge in [-0.25, -0.2) is 4.79 Å². The van der Waals surface area contributed by atoms with Crippen LogP contribution in [0.2, 0.25) is 0 Å². The van der Waals surface area contributed by atoms with Crippen molar-refractivity contribution in [3.63, 3.8) is 0 Å². The molecule has 0 saturated carbocycles. The number of hydrogen-bond donors (Lipinski definition) is 0. The third kappa shape index (κ3) is 3.92. The summed E-state index contributed by atoms with van der Waals surface area (Å²) in [5, 5.41) is 0. The number of benzene rings is 2. The molecule has 1 aromatic heterocycles. The van der Waals surface area contributed by atoms with Gasteiger partial charge in [-0.2, -0.15) is 0 Å². The number of hydrogen-bond acceptors (Lipinski definition) is 4. The summed E-state index contributed by atoms with van der Waals surface area (Å²) in [5.74, 6) is 0.439. The highest BCUT2D eigenvalue weighted by Crippen LogP contribution is 2.23. The van der Waals surface area contributed by atoms with E-state index in [2.05, 4.69) is 15.6 Å². The molecule has 0 amide bonds. The molecule has 3 aromatic rings. The summed E-state index contributed by atoms with van der Waals surface area (Å²) in [6.45, 7) is 4.10. The second kappa shape index (κ2) is 7.91. The van der Waals surface area contributed by atoms with Crippen LogP contribution in [0.5, 0.6) is 5.75 Å². The van der Waals surface area contributed by atoms with Gasteiger partial charge in [0, 0.05) is 34.9 Å². The van der Waals surface area contributed by atoms with Gasteiger partial charge in [-0.1, -0.05) is 6.07 Å². The van der Waals surface area contributed by atoms with E-state index in [-0.39, 0.29) is 5.97 Å². The molecule has 2 aromatic carbocycles. The van der Waals surface area contributed by atoms with Crippen LogP contribution in [0.1, 0.15) is 27.3 Å². The highest BCUT2D eigenvalue weighted by atomic mass is 16.5. The largest absolute Gasteiger partial charge is 0.497 e. The second-order valence-corrected chi connectivity index (χ2v) is 6.16. The van der Waals surface area contributed by atoms with Crippen LogP contribution < -0.4 is 4.74 Å². The van der Waals surface area contributed by atoms with E-state index < -0.39 is 0 Å². The summed E-state index contributed by atoms with van der Waals surface area (Å²) < 4.78 is 12.1. The Morgan fingerprint density at radius 2 is 1.78 bits per heavy atom. The zero-order chi connectivity index (χ0) is 19.4. The van der Waals surface area contributed by atoms with Crippen molar-refractivity contribution in [1.82, 2.24) is 4.57 Å². The number of esters is 1. The van der Waals surface area contributed by atoms with Gasteiger partial charge in [0.05, 0.1) is 25.5 Å². The normalized spacial score (nSPS) is 11.0. The lowest BCUT2D eigenvalue weighted by atomic mass is 10.2. The molecule has 0 aliphatic rings. The molecule has 5 nitrogen and oxygen atoms in total. The summed E-state index contributed by atoms with van der Waals surface area (Å²) in [7, 11) is 3.02. The lowest BCUT2D eigenvalue weighted by Gasteiger charge is -2.10. The van der Waals surface area contributed by atoms with Crippen molar-refractivity contribution in [1.29, 1.82) is 0 Å². The quantitative estimate of drug-likeness (QED) is 0.491. The van der Waals surface area contributed by atoms with Crippen LogP contribution >= 0.6 is 0 Å². The first kappa shape index (κ1) is 18.5. The van der Waals surface area contributed by atoms with Crippen molar-refractivity contribution in [2.45, 2.75) is 13.8 Å². The molecule has 0 saturated heterocycles. The Kier molecular flexibility index (Phi) is 5.41. The molecule has 0 aliphatic heterocycles. The maximum absolute atomic E-state index is 11.6. The maximum Gasteiger partial charge on any atom is 0.337 e. The minimum atomic E-state index is -0.339. The molecule has 0 radical (unpaired) electrons. The smallest absolute Gasteiger partial charge is 0.337 e. The Labute approximate surface area is 158 Å². The van der Waals surface area contributed by atoms with Crippen LogP contribution in [0.4, 0.5) is 5.69 Å². The van der Waals surface area contributed by atoms with Crippen LogP contribution in [-0.2, 0) is 4.74 Å². The van der Waals surface area contributed by atoms with Gasteiger partial charge in [-0.3, -0.25) is 4.99 Å². The Hall–Kier alpha value is -3.34. The van der Waals surface area contributed by atoms with Crippen LogP contribution in [-0.4, -0.2) is 31.0 Å². The van der Waals surface area contributed by atoms with E-state index in [1.165, 1.54) is 7.11 Å². The van der Waals surface area contributed by atoms with E-state index in [1.54, 1.807) is 19.2 Å². The molecule has 3 rings (SSSR count). The van der Waals surface area contributed by atoms with Crippen molar-refractivity contribution in [3.8, 4) is 11.4 Å². The average molecular weight is 362 g/mol. The lowest BCUT2D eigenvalue weighted by molar-refractivity contribution is 0.0601. The fourth-order valence-corrected chi connectivity index (χ4v) is 3.01. The van der Waals surface area contributed by atoms with Crippen molar-refractivity contribution in [3.05, 3.63) is 77.1 Å². The fourth-order valence-electron chi connectivity index (χ4n) is 3.01. The highest BCUT2D eigenvalue weighted by Gasteiger charge is 2.11. The Balaban J connectivity index is 1.90. The third-order valence-electron chi connectivity index (χ3n) is 4.42. The summed E-state index contributed by atoms with van der Waals surface area (Å²) in [4.78, 5) is 16.2. The minimum Gasteiger partial charge on any atom is -0.497 e. The predicted molar refractivity (Wildman–Crippen MR) is 107 cm³/mol. The van der Waals surface area contributed by atoms with Crippen LogP contribution in [0.15, 0.2) is 59.6 Å². The molecule has 0 atom stereocenters. The molecule has 0 spiro atoms. The summed E-state index contributed by atoms with van der Waals surface area (Å²) in [6, 6.07) is 17.1. The Morgan fingerprint density at radius 1 is 1.04 bits per heavy atom. The molecule has 27 heavy (non-hydrogen) atoms. The van der Waals surface area contributed by atoms with Gasteiger partial charge < -0.3 is 14.0 Å². The predicted octanol–water partition coefficient (Wildman–Crippen LogP) is 4.64. The first-order chi connectivity index (χ1) is 13.0. The molecule has 0 unspecified atom stereocenters. The second-order valence-electron chi connectivity index (χ2n) is 6.16. The first-order valence-electron chi connectivity index (χ1n) is 8.59. The van der Waals surface area contributed by atoms with E-state index in [0.717, 1.165) is 34.1 Å². The number of carbonyl (C=O) groups is 1. The monoisotopic (exact) mass is 362 g/mol. The van der Waals surface area contributed by atoms with Crippen LogP contribution in [0.3, 0.4) is 0 Å². The number of carbonyl (C=O) groups excluding carboxylic acids is 1. The van der Waals surface area contributed by atoms with Gasteiger partial charge in [0.15, 0.2) is 0 Å². The summed E-state index contributed by atoms with van der Waals surface area (Å²) in [6.07, 6.45) is 1.86. The van der Waals surface area contributed by atoms with E-state index in [0.29, 0.717) is 5.56 Å². The number of rotatable bonds is 5. The molecular formula is C22H22N2O3. The molecule has 5 heteroatoms. The van der Waals surface area contributed by atoms with E-state index >= 15 is 0 Å². The first-order valence-corrected chi connectivity index (χ1v) is 8.59. The number of aromatic nitrogens is 1. The van der Waals surface area contributed by atoms with Gasteiger partial charge in [0.2, 0.25) is 0 Å². The van der Waals surface area contributed by atoms with E-state index in [4.69, 9.17) is 9.47 Å². The number of aryl methyl sites for hydroxylation is 1. The molecule has 0 fully saturated rings. The molecule has 0 aliphatic carbocycles. The van der Waals surface area contributed by atoms with Gasteiger partial charge in [-0.05, 0) is 56.3 Å². The van der Waals surface area contributed by atoms with Gasteiger partial charge >= 0.3 is 5.97 Å². The average Bonchev–Trinajstić information content (AvgIpc) is 2.99. The standard InChI is InChI=1S/C22H22N2O3/c1-15-12-18(14-23-19-6-5-7-21(13-19)26-3)16(2)24(15)20-10-8-17(9-11-20)22(25)27-4/h5-14H,1-4H3.